The Labute approximate surface area is 168 Å². The number of carbonyl (C=O) groups excluding carboxylic acids is 2. The molecule has 3 aliphatic rings. The summed E-state index contributed by atoms with van der Waals surface area (Å²) in [4.78, 5) is 30.2. The van der Waals surface area contributed by atoms with Gasteiger partial charge in [-0.15, -0.1) is 0 Å². The largest absolute Gasteiger partial charge is 0.508 e. The van der Waals surface area contributed by atoms with Gasteiger partial charge in [-0.3, -0.25) is 14.5 Å². The second kappa shape index (κ2) is 5.95. The lowest BCUT2D eigenvalue weighted by atomic mass is 9.74. The zero-order valence-corrected chi connectivity index (χ0v) is 16.3. The van der Waals surface area contributed by atoms with Gasteiger partial charge in [0, 0.05) is 48.8 Å². The number of allylic oxidation sites excluding steroid dienone is 2. The quantitative estimate of drug-likeness (QED) is 0.815. The molecule has 2 aromatic carbocycles. The van der Waals surface area contributed by atoms with Gasteiger partial charge in [0.2, 0.25) is 0 Å². The van der Waals surface area contributed by atoms with Crippen molar-refractivity contribution in [1.29, 1.82) is 0 Å². The molecule has 1 heterocycles. The molecule has 0 spiro atoms. The third kappa shape index (κ3) is 2.27. The summed E-state index contributed by atoms with van der Waals surface area (Å²) in [6.45, 7) is 4.05. The van der Waals surface area contributed by atoms with Gasteiger partial charge in [0.25, 0.3) is 5.91 Å². The van der Waals surface area contributed by atoms with E-state index in [2.05, 4.69) is 6.58 Å². The highest BCUT2D eigenvalue weighted by molar-refractivity contribution is 6.23. The van der Waals surface area contributed by atoms with E-state index in [0.29, 0.717) is 29.0 Å². The summed E-state index contributed by atoms with van der Waals surface area (Å²) < 4.78 is 0. The van der Waals surface area contributed by atoms with Crippen molar-refractivity contribution in [1.82, 2.24) is 9.80 Å². The Morgan fingerprint density at radius 2 is 1.69 bits per heavy atom. The summed E-state index contributed by atoms with van der Waals surface area (Å²) in [5.74, 6) is -0.0317. The standard InChI is InChI=1S/C24H20N2O3/c1-13-25(2)19-12-18-16-9-4-5-10-17(16)23(28)21(18)20(22(19)24(29)26(13)3)14-7-6-8-15(27)11-14/h4-11,20,27H,1,12H2,2-3H3. The smallest absolute Gasteiger partial charge is 0.257 e. The Hall–Kier alpha value is -3.60. The Morgan fingerprint density at radius 1 is 0.966 bits per heavy atom. The first-order valence-electron chi connectivity index (χ1n) is 9.50. The fourth-order valence-corrected chi connectivity index (χ4v) is 4.70. The predicted molar refractivity (Wildman–Crippen MR) is 110 cm³/mol. The number of aromatic hydroxyl groups is 1. The molecule has 0 bridgehead atoms. The van der Waals surface area contributed by atoms with Crippen LogP contribution in [0.4, 0.5) is 0 Å². The van der Waals surface area contributed by atoms with Gasteiger partial charge in [-0.1, -0.05) is 43.0 Å². The van der Waals surface area contributed by atoms with Crippen molar-refractivity contribution in [3.05, 3.63) is 94.5 Å². The lowest BCUT2D eigenvalue weighted by molar-refractivity contribution is -0.126. The number of benzene rings is 2. The van der Waals surface area contributed by atoms with Crippen LogP contribution in [0.5, 0.6) is 5.75 Å². The number of hydrogen-bond donors (Lipinski definition) is 1. The highest BCUT2D eigenvalue weighted by Gasteiger charge is 2.46. The molecular weight excluding hydrogens is 364 g/mol. The van der Waals surface area contributed by atoms with E-state index in [-0.39, 0.29) is 17.4 Å². The normalized spacial score (nSPS) is 20.9. The van der Waals surface area contributed by atoms with E-state index in [1.807, 2.05) is 42.3 Å². The van der Waals surface area contributed by atoms with E-state index in [4.69, 9.17) is 0 Å². The predicted octanol–water partition coefficient (Wildman–Crippen LogP) is 3.66. The van der Waals surface area contributed by atoms with Gasteiger partial charge >= 0.3 is 0 Å². The topological polar surface area (TPSA) is 60.9 Å². The monoisotopic (exact) mass is 384 g/mol. The second-order valence-corrected chi connectivity index (χ2v) is 7.67. The first kappa shape index (κ1) is 17.5. The fourth-order valence-electron chi connectivity index (χ4n) is 4.70. The molecule has 0 aromatic heterocycles. The van der Waals surface area contributed by atoms with E-state index in [1.165, 1.54) is 4.90 Å². The van der Waals surface area contributed by atoms with Crippen LogP contribution in [0.15, 0.2) is 77.8 Å². The molecule has 0 saturated heterocycles. The maximum absolute atomic E-state index is 13.4. The molecule has 5 nitrogen and oxygen atoms in total. The van der Waals surface area contributed by atoms with Crippen molar-refractivity contribution >= 4 is 17.3 Å². The molecule has 1 unspecified atom stereocenters. The molecule has 0 fully saturated rings. The summed E-state index contributed by atoms with van der Waals surface area (Å²) in [5, 5.41) is 10.1. The van der Waals surface area contributed by atoms with Gasteiger partial charge in [0.15, 0.2) is 5.78 Å². The average Bonchev–Trinajstić information content (AvgIpc) is 3.01. The Bertz CT molecular complexity index is 1190. The maximum Gasteiger partial charge on any atom is 0.257 e. The number of likely N-dealkylation sites (N-methyl/N-ethyl adjacent to an activating group) is 1. The van der Waals surface area contributed by atoms with E-state index in [1.54, 1.807) is 25.2 Å². The summed E-state index contributed by atoms with van der Waals surface area (Å²) in [6.07, 6.45) is 0.498. The number of ketones is 1. The van der Waals surface area contributed by atoms with Crippen LogP contribution in [0.3, 0.4) is 0 Å². The Balaban J connectivity index is 1.80. The van der Waals surface area contributed by atoms with E-state index in [0.717, 1.165) is 22.4 Å². The number of amides is 1. The van der Waals surface area contributed by atoms with Gasteiger partial charge in [-0.05, 0) is 28.8 Å². The average molecular weight is 384 g/mol. The van der Waals surface area contributed by atoms with Crippen LogP contribution < -0.4 is 0 Å². The molecule has 5 rings (SSSR count). The van der Waals surface area contributed by atoms with E-state index in [9.17, 15) is 14.7 Å². The minimum atomic E-state index is -0.536. The molecule has 144 valence electrons. The number of Topliss-reactive ketones (excluding diaryl/α,β-unsaturated/α-hetero) is 1. The molecule has 1 atom stereocenters. The minimum absolute atomic E-state index is 0.0435. The van der Waals surface area contributed by atoms with Crippen molar-refractivity contribution in [2.24, 2.45) is 0 Å². The summed E-state index contributed by atoms with van der Waals surface area (Å²) in [6, 6.07) is 14.4. The van der Waals surface area contributed by atoms with Crippen LogP contribution in [0.2, 0.25) is 0 Å². The first-order chi connectivity index (χ1) is 13.9. The fraction of sp³-hybridized carbons (Fsp3) is 0.167. The molecule has 0 radical (unpaired) electrons. The molecule has 5 heteroatoms. The second-order valence-electron chi connectivity index (χ2n) is 7.67. The zero-order valence-electron chi connectivity index (χ0n) is 16.3. The number of carbonyl (C=O) groups is 2. The zero-order chi connectivity index (χ0) is 20.4. The van der Waals surface area contributed by atoms with Gasteiger partial charge in [0.1, 0.15) is 11.6 Å². The summed E-state index contributed by atoms with van der Waals surface area (Å²) >= 11 is 0. The minimum Gasteiger partial charge on any atom is -0.508 e. The van der Waals surface area contributed by atoms with Crippen molar-refractivity contribution in [3.63, 3.8) is 0 Å². The first-order valence-corrected chi connectivity index (χ1v) is 9.50. The number of rotatable bonds is 1. The Kier molecular flexibility index (Phi) is 3.59. The van der Waals surface area contributed by atoms with Crippen molar-refractivity contribution in [3.8, 4) is 5.75 Å². The molecule has 1 aliphatic heterocycles. The molecule has 2 aliphatic carbocycles. The molecule has 1 N–H and O–H groups in total. The maximum atomic E-state index is 13.4. The van der Waals surface area contributed by atoms with E-state index >= 15 is 0 Å². The number of hydrogen-bond acceptors (Lipinski definition) is 4. The lowest BCUT2D eigenvalue weighted by Crippen LogP contribution is -2.44. The highest BCUT2D eigenvalue weighted by atomic mass is 16.3. The highest BCUT2D eigenvalue weighted by Crippen LogP contribution is 2.52. The van der Waals surface area contributed by atoms with Crippen molar-refractivity contribution in [2.75, 3.05) is 14.1 Å². The Morgan fingerprint density at radius 3 is 2.41 bits per heavy atom. The van der Waals surface area contributed by atoms with Crippen LogP contribution in [-0.4, -0.2) is 40.7 Å². The van der Waals surface area contributed by atoms with Crippen LogP contribution in [0.25, 0.3) is 5.57 Å². The van der Waals surface area contributed by atoms with Gasteiger partial charge in [-0.2, -0.15) is 0 Å². The molecule has 2 aromatic rings. The van der Waals surface area contributed by atoms with Crippen LogP contribution in [-0.2, 0) is 4.79 Å². The van der Waals surface area contributed by atoms with Crippen LogP contribution in [0, 0.1) is 0 Å². The van der Waals surface area contributed by atoms with Crippen molar-refractivity contribution in [2.45, 2.75) is 12.3 Å². The van der Waals surface area contributed by atoms with Crippen molar-refractivity contribution < 1.29 is 14.7 Å². The third-order valence-corrected chi connectivity index (χ3v) is 6.22. The summed E-state index contributed by atoms with van der Waals surface area (Å²) in [7, 11) is 3.59. The number of phenolic OH excluding ortho intramolecular Hbond substituents is 1. The van der Waals surface area contributed by atoms with Crippen LogP contribution in [0.1, 0.15) is 33.8 Å². The van der Waals surface area contributed by atoms with Crippen LogP contribution >= 0.6 is 0 Å². The molecule has 29 heavy (non-hydrogen) atoms. The summed E-state index contributed by atoms with van der Waals surface area (Å²) in [5.41, 5.74) is 5.35. The van der Waals surface area contributed by atoms with E-state index < -0.39 is 5.92 Å². The van der Waals surface area contributed by atoms with Gasteiger partial charge in [-0.25, -0.2) is 0 Å². The van der Waals surface area contributed by atoms with Gasteiger partial charge < -0.3 is 10.0 Å². The number of fused-ring (bicyclic) bond motifs is 2. The number of phenols is 1. The molecule has 0 saturated carbocycles. The third-order valence-electron chi connectivity index (χ3n) is 6.22. The van der Waals surface area contributed by atoms with Gasteiger partial charge in [0.05, 0.1) is 0 Å². The molecular formula is C24H20N2O3. The SMILES string of the molecule is C=C1N(C)C(=O)C2=C(CC3=C(C(=O)c4ccccc43)C2c2cccc(O)c2)N1C. The number of nitrogens with zero attached hydrogens (tertiary/aromatic N) is 2. The molecule has 1 amide bonds. The lowest BCUT2D eigenvalue weighted by Gasteiger charge is -2.42.